The summed E-state index contributed by atoms with van der Waals surface area (Å²) in [4.78, 5) is 8.82. The van der Waals surface area contributed by atoms with Crippen molar-refractivity contribution >= 4 is 11.6 Å². The second-order valence-electron chi connectivity index (χ2n) is 6.98. The fraction of sp³-hybridized carbons (Fsp3) is 0.333. The second-order valence-corrected chi connectivity index (χ2v) is 6.98. The molecule has 0 saturated carbocycles. The summed E-state index contributed by atoms with van der Waals surface area (Å²) in [5.74, 6) is 3.03. The number of aliphatic imine (C=N–C) groups is 1. The van der Waals surface area contributed by atoms with Crippen molar-refractivity contribution in [2.75, 3.05) is 26.1 Å². The van der Waals surface area contributed by atoms with Crippen LogP contribution >= 0.6 is 0 Å². The van der Waals surface area contributed by atoms with E-state index in [1.165, 1.54) is 5.56 Å². The van der Waals surface area contributed by atoms with Crippen molar-refractivity contribution in [3.63, 3.8) is 0 Å². The largest absolute Gasteiger partial charge is 0.493 e. The molecule has 1 heterocycles. The number of aryl methyl sites for hydroxylation is 2. The number of ether oxygens (including phenoxy) is 2. The molecule has 0 amide bonds. The van der Waals surface area contributed by atoms with E-state index in [-0.39, 0.29) is 0 Å². The topological polar surface area (TPSA) is 72.7 Å². The molecule has 31 heavy (non-hydrogen) atoms. The Balaban J connectivity index is 1.54. The zero-order valence-corrected chi connectivity index (χ0v) is 18.5. The first kappa shape index (κ1) is 22.2. The van der Waals surface area contributed by atoms with Crippen LogP contribution in [0.5, 0.6) is 11.5 Å². The number of nitrogens with zero attached hydrogens (tertiary/aromatic N) is 3. The zero-order chi connectivity index (χ0) is 21.9. The summed E-state index contributed by atoms with van der Waals surface area (Å²) < 4.78 is 13.2. The molecule has 0 aliphatic rings. The highest BCUT2D eigenvalue weighted by Gasteiger charge is 2.08. The van der Waals surface area contributed by atoms with Crippen molar-refractivity contribution < 1.29 is 9.47 Å². The Kier molecular flexibility index (Phi) is 8.34. The van der Waals surface area contributed by atoms with Gasteiger partial charge in [-0.1, -0.05) is 30.3 Å². The molecular formula is C24H31N5O2. The van der Waals surface area contributed by atoms with Gasteiger partial charge in [-0.05, 0) is 37.5 Å². The summed E-state index contributed by atoms with van der Waals surface area (Å²) in [5.41, 5.74) is 2.22. The van der Waals surface area contributed by atoms with Gasteiger partial charge in [-0.25, -0.2) is 4.98 Å². The Morgan fingerprint density at radius 2 is 1.97 bits per heavy atom. The predicted molar refractivity (Wildman–Crippen MR) is 125 cm³/mol. The number of aromatic nitrogens is 2. The van der Waals surface area contributed by atoms with Crippen LogP contribution < -0.4 is 20.1 Å². The number of hydrogen-bond acceptors (Lipinski definition) is 4. The summed E-state index contributed by atoms with van der Waals surface area (Å²) in [6.07, 6.45) is 5.98. The Hall–Kier alpha value is -3.48. The Morgan fingerprint density at radius 1 is 1.13 bits per heavy atom. The molecule has 0 aliphatic carbocycles. The molecule has 0 atom stereocenters. The van der Waals surface area contributed by atoms with Gasteiger partial charge in [0, 0.05) is 37.7 Å². The van der Waals surface area contributed by atoms with E-state index < -0.39 is 0 Å². The monoisotopic (exact) mass is 421 g/mol. The van der Waals surface area contributed by atoms with Crippen molar-refractivity contribution in [3.8, 4) is 11.5 Å². The van der Waals surface area contributed by atoms with E-state index in [1.807, 2.05) is 43.6 Å². The lowest BCUT2D eigenvalue weighted by molar-refractivity contribution is 0.311. The zero-order valence-electron chi connectivity index (χ0n) is 18.5. The lowest BCUT2D eigenvalue weighted by Gasteiger charge is -2.15. The minimum atomic E-state index is 0.569. The minimum absolute atomic E-state index is 0.569. The minimum Gasteiger partial charge on any atom is -0.493 e. The van der Waals surface area contributed by atoms with Crippen LogP contribution in [0.3, 0.4) is 0 Å². The molecular weight excluding hydrogens is 390 g/mol. The Labute approximate surface area is 184 Å². The van der Waals surface area contributed by atoms with Gasteiger partial charge in [0.2, 0.25) is 0 Å². The number of benzene rings is 2. The molecule has 0 fully saturated rings. The predicted octanol–water partition coefficient (Wildman–Crippen LogP) is 4.11. The van der Waals surface area contributed by atoms with E-state index in [4.69, 9.17) is 9.47 Å². The molecule has 0 aliphatic heterocycles. The second kappa shape index (κ2) is 11.6. The molecule has 2 aromatic carbocycles. The first-order chi connectivity index (χ1) is 15.2. The van der Waals surface area contributed by atoms with Crippen LogP contribution in [0.4, 0.5) is 5.69 Å². The quantitative estimate of drug-likeness (QED) is 0.381. The molecule has 2 N–H and O–H groups in total. The average molecular weight is 422 g/mol. The van der Waals surface area contributed by atoms with Gasteiger partial charge in [0.1, 0.15) is 5.82 Å². The lowest BCUT2D eigenvalue weighted by Crippen LogP contribution is -2.31. The molecule has 3 rings (SSSR count). The maximum atomic E-state index is 5.65. The molecule has 3 aromatic rings. The summed E-state index contributed by atoms with van der Waals surface area (Å²) in [6, 6.07) is 16.3. The van der Waals surface area contributed by atoms with Crippen molar-refractivity contribution in [3.05, 3.63) is 72.3 Å². The maximum absolute atomic E-state index is 5.65. The molecule has 1 aromatic heterocycles. The van der Waals surface area contributed by atoms with E-state index in [2.05, 4.69) is 49.4 Å². The highest BCUT2D eigenvalue weighted by molar-refractivity contribution is 5.93. The normalized spacial score (nSPS) is 11.3. The average Bonchev–Trinajstić information content (AvgIpc) is 3.25. The van der Waals surface area contributed by atoms with Crippen LogP contribution in [0.15, 0.2) is 65.9 Å². The molecule has 0 spiro atoms. The smallest absolute Gasteiger partial charge is 0.195 e. The van der Waals surface area contributed by atoms with Gasteiger partial charge in [-0.2, -0.15) is 0 Å². The first-order valence-electron chi connectivity index (χ1n) is 10.6. The van der Waals surface area contributed by atoms with E-state index in [9.17, 15) is 0 Å². The summed E-state index contributed by atoms with van der Waals surface area (Å²) in [5, 5.41) is 6.62. The standard InChI is InChI=1S/C24H31N5O2/c1-4-31-22-17-20(12-13-21(22)30-3)28-24(25-2)27-18-23-26-14-16-29(23)15-8-11-19-9-6-5-7-10-19/h5-7,9-10,12-14,16-17H,4,8,11,15,18H2,1-3H3,(H2,25,27,28). The highest BCUT2D eigenvalue weighted by atomic mass is 16.5. The molecule has 0 radical (unpaired) electrons. The van der Waals surface area contributed by atoms with Crippen molar-refractivity contribution in [2.24, 2.45) is 4.99 Å². The van der Waals surface area contributed by atoms with E-state index in [0.717, 1.165) is 30.9 Å². The van der Waals surface area contributed by atoms with Gasteiger partial charge in [0.05, 0.1) is 20.3 Å². The fourth-order valence-corrected chi connectivity index (χ4v) is 3.31. The van der Waals surface area contributed by atoms with Gasteiger partial charge in [0.15, 0.2) is 17.5 Å². The van der Waals surface area contributed by atoms with Gasteiger partial charge >= 0.3 is 0 Å². The van der Waals surface area contributed by atoms with Gasteiger partial charge in [-0.3, -0.25) is 4.99 Å². The number of guanidine groups is 1. The summed E-state index contributed by atoms with van der Waals surface area (Å²) in [7, 11) is 3.38. The van der Waals surface area contributed by atoms with Crippen LogP contribution in [0.25, 0.3) is 0 Å². The molecule has 0 saturated heterocycles. The van der Waals surface area contributed by atoms with Gasteiger partial charge in [0.25, 0.3) is 0 Å². The number of hydrogen-bond donors (Lipinski definition) is 2. The SMILES string of the molecule is CCOc1cc(NC(=NC)NCc2nccn2CCCc2ccccc2)ccc1OC. The number of anilines is 1. The first-order valence-corrected chi connectivity index (χ1v) is 10.6. The Bertz CT molecular complexity index is 969. The van der Waals surface area contributed by atoms with Crippen LogP contribution in [0, 0.1) is 0 Å². The third-order valence-corrected chi connectivity index (χ3v) is 4.87. The summed E-state index contributed by atoms with van der Waals surface area (Å²) >= 11 is 0. The van der Waals surface area contributed by atoms with Gasteiger partial charge < -0.3 is 24.7 Å². The van der Waals surface area contributed by atoms with Crippen molar-refractivity contribution in [1.82, 2.24) is 14.9 Å². The molecule has 7 nitrogen and oxygen atoms in total. The van der Waals surface area contributed by atoms with Crippen LogP contribution in [-0.2, 0) is 19.5 Å². The van der Waals surface area contributed by atoms with Crippen LogP contribution in [0.1, 0.15) is 24.7 Å². The number of methoxy groups -OCH3 is 1. The van der Waals surface area contributed by atoms with E-state index in [0.29, 0.717) is 30.6 Å². The van der Waals surface area contributed by atoms with Crippen LogP contribution in [0.2, 0.25) is 0 Å². The van der Waals surface area contributed by atoms with Crippen molar-refractivity contribution in [2.45, 2.75) is 32.9 Å². The third-order valence-electron chi connectivity index (χ3n) is 4.87. The highest BCUT2D eigenvalue weighted by Crippen LogP contribution is 2.30. The molecule has 7 heteroatoms. The number of rotatable bonds is 10. The van der Waals surface area contributed by atoms with E-state index in [1.54, 1.807) is 14.2 Å². The third kappa shape index (κ3) is 6.50. The Morgan fingerprint density at radius 3 is 2.71 bits per heavy atom. The number of nitrogens with one attached hydrogen (secondary N) is 2. The fourth-order valence-electron chi connectivity index (χ4n) is 3.31. The number of imidazole rings is 1. The lowest BCUT2D eigenvalue weighted by atomic mass is 10.1. The van der Waals surface area contributed by atoms with E-state index >= 15 is 0 Å². The molecule has 0 bridgehead atoms. The van der Waals surface area contributed by atoms with Crippen molar-refractivity contribution in [1.29, 1.82) is 0 Å². The maximum Gasteiger partial charge on any atom is 0.195 e. The van der Waals surface area contributed by atoms with Crippen LogP contribution in [-0.4, -0.2) is 36.3 Å². The van der Waals surface area contributed by atoms with Gasteiger partial charge in [-0.15, -0.1) is 0 Å². The summed E-state index contributed by atoms with van der Waals surface area (Å²) in [6.45, 7) is 4.02. The molecule has 0 unspecified atom stereocenters. The molecule has 164 valence electrons.